The Morgan fingerprint density at radius 1 is 1.42 bits per heavy atom. The Kier molecular flexibility index (Phi) is 5.82. The van der Waals surface area contributed by atoms with Gasteiger partial charge in [-0.3, -0.25) is 4.79 Å². The molecule has 0 radical (unpaired) electrons. The summed E-state index contributed by atoms with van der Waals surface area (Å²) in [7, 11) is 0. The molecule has 0 unspecified atom stereocenters. The number of nitrogens with one attached hydrogen (secondary N) is 2. The normalized spacial score (nSPS) is 15.0. The zero-order chi connectivity index (χ0) is 18.5. The van der Waals surface area contributed by atoms with Gasteiger partial charge in [0.05, 0.1) is 24.0 Å². The minimum absolute atomic E-state index is 0.250. The van der Waals surface area contributed by atoms with Gasteiger partial charge in [-0.2, -0.15) is 0 Å². The molecular weight excluding hydrogens is 337 g/mol. The highest BCUT2D eigenvalue weighted by Crippen LogP contribution is 2.27. The Hall–Kier alpha value is -2.48. The molecule has 7 nitrogen and oxygen atoms in total. The fraction of sp³-hybridized carbons (Fsp3) is 0.500. The summed E-state index contributed by atoms with van der Waals surface area (Å²) in [6.07, 6.45) is 2.70. The monoisotopic (exact) mass is 361 g/mol. The van der Waals surface area contributed by atoms with E-state index in [2.05, 4.69) is 20.9 Å². The third kappa shape index (κ3) is 4.01. The molecule has 1 fully saturated rings. The number of aromatic nitrogens is 3. The molecule has 1 aliphatic heterocycles. The number of rotatable bonds is 6. The standard InChI is InChI=1S/C18H24FN5O2/c1-3-10-26-16-11-13(19)4-5-15(16)21-18(25)17-12(2)24(23-22-17)14-6-8-20-9-7-14/h4-5,11,14,20H,3,6-10H2,1-2H3,(H,21,25). The molecule has 3 rings (SSSR count). The van der Waals surface area contributed by atoms with E-state index in [4.69, 9.17) is 4.74 Å². The van der Waals surface area contributed by atoms with Crippen molar-refractivity contribution < 1.29 is 13.9 Å². The van der Waals surface area contributed by atoms with Crippen LogP contribution in [0.1, 0.15) is 48.4 Å². The molecule has 0 aliphatic carbocycles. The van der Waals surface area contributed by atoms with Crippen LogP contribution in [0, 0.1) is 12.7 Å². The third-order valence-corrected chi connectivity index (χ3v) is 4.45. The molecule has 1 amide bonds. The van der Waals surface area contributed by atoms with Crippen molar-refractivity contribution in [2.45, 2.75) is 39.2 Å². The number of carbonyl (C=O) groups is 1. The summed E-state index contributed by atoms with van der Waals surface area (Å²) in [4.78, 5) is 12.7. The maximum Gasteiger partial charge on any atom is 0.278 e. The van der Waals surface area contributed by atoms with Crippen molar-refractivity contribution in [3.63, 3.8) is 0 Å². The minimum Gasteiger partial charge on any atom is -0.491 e. The molecule has 1 aromatic heterocycles. The maximum atomic E-state index is 13.5. The topological polar surface area (TPSA) is 81.1 Å². The summed E-state index contributed by atoms with van der Waals surface area (Å²) in [5.74, 6) is -0.485. The van der Waals surface area contributed by atoms with Gasteiger partial charge in [-0.05, 0) is 51.4 Å². The molecule has 1 saturated heterocycles. The van der Waals surface area contributed by atoms with Gasteiger partial charge < -0.3 is 15.4 Å². The number of anilines is 1. The van der Waals surface area contributed by atoms with Gasteiger partial charge in [-0.25, -0.2) is 9.07 Å². The summed E-state index contributed by atoms with van der Waals surface area (Å²) < 4.78 is 20.8. The zero-order valence-electron chi connectivity index (χ0n) is 15.1. The first kappa shape index (κ1) is 18.3. The Balaban J connectivity index is 1.77. The van der Waals surface area contributed by atoms with E-state index >= 15 is 0 Å². The van der Waals surface area contributed by atoms with E-state index in [0.717, 1.165) is 38.0 Å². The molecule has 0 saturated carbocycles. The van der Waals surface area contributed by atoms with Crippen molar-refractivity contribution >= 4 is 11.6 Å². The quantitative estimate of drug-likeness (QED) is 0.827. The lowest BCUT2D eigenvalue weighted by atomic mass is 10.1. The highest BCUT2D eigenvalue weighted by Gasteiger charge is 2.23. The summed E-state index contributed by atoms with van der Waals surface area (Å²) in [6.45, 7) is 6.10. The first-order valence-corrected chi connectivity index (χ1v) is 8.96. The average Bonchev–Trinajstić information content (AvgIpc) is 3.04. The molecule has 2 aromatic rings. The predicted molar refractivity (Wildman–Crippen MR) is 96.0 cm³/mol. The van der Waals surface area contributed by atoms with Crippen molar-refractivity contribution in [1.29, 1.82) is 0 Å². The first-order valence-electron chi connectivity index (χ1n) is 8.96. The average molecular weight is 361 g/mol. The van der Waals surface area contributed by atoms with Crippen LogP contribution in [0.3, 0.4) is 0 Å². The van der Waals surface area contributed by atoms with Gasteiger partial charge in [-0.15, -0.1) is 5.10 Å². The molecule has 140 valence electrons. The van der Waals surface area contributed by atoms with Crippen molar-refractivity contribution in [3.05, 3.63) is 35.4 Å². The van der Waals surface area contributed by atoms with Crippen LogP contribution >= 0.6 is 0 Å². The molecule has 2 heterocycles. The molecule has 1 aromatic carbocycles. The van der Waals surface area contributed by atoms with Crippen LogP contribution in [-0.2, 0) is 0 Å². The van der Waals surface area contributed by atoms with Gasteiger partial charge >= 0.3 is 0 Å². The van der Waals surface area contributed by atoms with E-state index in [-0.39, 0.29) is 17.6 Å². The Bertz CT molecular complexity index is 771. The fourth-order valence-electron chi connectivity index (χ4n) is 3.06. The molecule has 0 spiro atoms. The molecule has 0 atom stereocenters. The van der Waals surface area contributed by atoms with Crippen LogP contribution in [0.2, 0.25) is 0 Å². The van der Waals surface area contributed by atoms with E-state index in [0.29, 0.717) is 18.0 Å². The predicted octanol–water partition coefficient (Wildman–Crippen LogP) is 2.69. The Morgan fingerprint density at radius 2 is 2.19 bits per heavy atom. The number of ether oxygens (including phenoxy) is 1. The van der Waals surface area contributed by atoms with Crippen LogP contribution in [0.15, 0.2) is 18.2 Å². The number of hydrogen-bond acceptors (Lipinski definition) is 5. The summed E-state index contributed by atoms with van der Waals surface area (Å²) in [6, 6.07) is 4.29. The molecule has 2 N–H and O–H groups in total. The molecule has 26 heavy (non-hydrogen) atoms. The van der Waals surface area contributed by atoms with E-state index in [9.17, 15) is 9.18 Å². The van der Waals surface area contributed by atoms with Crippen molar-refractivity contribution in [2.24, 2.45) is 0 Å². The van der Waals surface area contributed by atoms with E-state index in [1.165, 1.54) is 18.2 Å². The van der Waals surface area contributed by atoms with E-state index < -0.39 is 5.82 Å². The number of benzene rings is 1. The smallest absolute Gasteiger partial charge is 0.278 e. The lowest BCUT2D eigenvalue weighted by molar-refractivity contribution is 0.102. The SMILES string of the molecule is CCCOc1cc(F)ccc1NC(=O)c1nnn(C2CCNCC2)c1C. The summed E-state index contributed by atoms with van der Waals surface area (Å²) >= 11 is 0. The van der Waals surface area contributed by atoms with Gasteiger partial charge in [0.2, 0.25) is 0 Å². The largest absolute Gasteiger partial charge is 0.491 e. The summed E-state index contributed by atoms with van der Waals surface area (Å²) in [5.41, 5.74) is 1.42. The van der Waals surface area contributed by atoms with Crippen molar-refractivity contribution in [2.75, 3.05) is 25.0 Å². The molecular formula is C18H24FN5O2. The van der Waals surface area contributed by atoms with E-state index in [1.807, 2.05) is 18.5 Å². The highest BCUT2D eigenvalue weighted by molar-refractivity contribution is 6.04. The maximum absolute atomic E-state index is 13.5. The van der Waals surface area contributed by atoms with Gasteiger partial charge in [0.1, 0.15) is 11.6 Å². The highest BCUT2D eigenvalue weighted by atomic mass is 19.1. The lowest BCUT2D eigenvalue weighted by Crippen LogP contribution is -2.30. The lowest BCUT2D eigenvalue weighted by Gasteiger charge is -2.23. The number of piperidine rings is 1. The second kappa shape index (κ2) is 8.27. The van der Waals surface area contributed by atoms with E-state index in [1.54, 1.807) is 0 Å². The Labute approximate surface area is 151 Å². The minimum atomic E-state index is -0.415. The van der Waals surface area contributed by atoms with Crippen LogP contribution in [0.4, 0.5) is 10.1 Å². The Morgan fingerprint density at radius 3 is 2.92 bits per heavy atom. The second-order valence-corrected chi connectivity index (χ2v) is 6.39. The van der Waals surface area contributed by atoms with Crippen LogP contribution in [-0.4, -0.2) is 40.6 Å². The number of hydrogen-bond donors (Lipinski definition) is 2. The second-order valence-electron chi connectivity index (χ2n) is 6.39. The van der Waals surface area contributed by atoms with Crippen molar-refractivity contribution in [3.8, 4) is 5.75 Å². The molecule has 1 aliphatic rings. The first-order chi connectivity index (χ1) is 12.6. The van der Waals surface area contributed by atoms with Gasteiger partial charge in [0.15, 0.2) is 5.69 Å². The van der Waals surface area contributed by atoms with Crippen LogP contribution in [0.25, 0.3) is 0 Å². The number of halogens is 1. The number of nitrogens with zero attached hydrogens (tertiary/aromatic N) is 3. The number of carbonyl (C=O) groups excluding carboxylic acids is 1. The molecule has 8 heteroatoms. The summed E-state index contributed by atoms with van der Waals surface area (Å²) in [5, 5.41) is 14.3. The van der Waals surface area contributed by atoms with Crippen LogP contribution in [0.5, 0.6) is 5.75 Å². The van der Waals surface area contributed by atoms with Gasteiger partial charge in [-0.1, -0.05) is 12.1 Å². The van der Waals surface area contributed by atoms with Gasteiger partial charge in [0.25, 0.3) is 5.91 Å². The zero-order valence-corrected chi connectivity index (χ0v) is 15.1. The fourth-order valence-corrected chi connectivity index (χ4v) is 3.06. The third-order valence-electron chi connectivity index (χ3n) is 4.45. The molecule has 0 bridgehead atoms. The van der Waals surface area contributed by atoms with Gasteiger partial charge in [0, 0.05) is 6.07 Å². The number of amides is 1. The van der Waals surface area contributed by atoms with Crippen molar-refractivity contribution in [1.82, 2.24) is 20.3 Å². The van der Waals surface area contributed by atoms with Crippen LogP contribution < -0.4 is 15.4 Å².